The van der Waals surface area contributed by atoms with E-state index in [4.69, 9.17) is 4.74 Å². The lowest BCUT2D eigenvalue weighted by Gasteiger charge is -2.33. The van der Waals surface area contributed by atoms with E-state index in [-0.39, 0.29) is 12.1 Å². The van der Waals surface area contributed by atoms with Crippen LogP contribution in [0.2, 0.25) is 0 Å². The monoisotopic (exact) mass is 333 g/mol. The van der Waals surface area contributed by atoms with E-state index in [2.05, 4.69) is 25.7 Å². The molecule has 1 aromatic carbocycles. The Morgan fingerprint density at radius 3 is 2.58 bits per heavy atom. The van der Waals surface area contributed by atoms with Crippen LogP contribution in [0.1, 0.15) is 52.0 Å². The van der Waals surface area contributed by atoms with E-state index in [1.807, 2.05) is 30.3 Å². The second kappa shape index (κ2) is 8.63. The summed E-state index contributed by atoms with van der Waals surface area (Å²) >= 11 is 0. The number of hydrogen-bond acceptors (Lipinski definition) is 3. The lowest BCUT2D eigenvalue weighted by atomic mass is 9.71. The van der Waals surface area contributed by atoms with E-state index in [9.17, 15) is 9.90 Å². The molecule has 1 aromatic rings. The molecule has 1 aliphatic carbocycles. The summed E-state index contributed by atoms with van der Waals surface area (Å²) in [6.07, 6.45) is 3.54. The Hall–Kier alpha value is -1.39. The van der Waals surface area contributed by atoms with E-state index in [1.165, 1.54) is 0 Å². The Bertz CT molecular complexity index is 515. The average Bonchev–Trinajstić information content (AvgIpc) is 3.02. The first-order chi connectivity index (χ1) is 11.6. The number of carbonyl (C=O) groups is 1. The summed E-state index contributed by atoms with van der Waals surface area (Å²) in [4.78, 5) is 14.4. The summed E-state index contributed by atoms with van der Waals surface area (Å²) in [5, 5.41) is 10.0. The van der Waals surface area contributed by atoms with Crippen molar-refractivity contribution in [2.24, 2.45) is 5.92 Å². The molecule has 24 heavy (non-hydrogen) atoms. The Balaban J connectivity index is 2.05. The zero-order valence-electron chi connectivity index (χ0n) is 15.2. The lowest BCUT2D eigenvalue weighted by molar-refractivity contribution is -0.146. The van der Waals surface area contributed by atoms with Crippen LogP contribution in [0.4, 0.5) is 0 Å². The van der Waals surface area contributed by atoms with Gasteiger partial charge in [0.05, 0.1) is 5.41 Å². The molecule has 2 rings (SSSR count). The van der Waals surface area contributed by atoms with E-state index in [0.717, 1.165) is 44.3 Å². The molecule has 4 nitrogen and oxygen atoms in total. The van der Waals surface area contributed by atoms with Gasteiger partial charge in [-0.25, -0.2) is 0 Å². The Morgan fingerprint density at radius 2 is 2.00 bits per heavy atom. The topological polar surface area (TPSA) is 49.8 Å². The van der Waals surface area contributed by atoms with Crippen LogP contribution in [0, 0.1) is 5.92 Å². The minimum absolute atomic E-state index is 0.0809. The predicted octanol–water partition coefficient (Wildman–Crippen LogP) is 3.90. The minimum Gasteiger partial charge on any atom is -0.481 e. The SMILES string of the molecule is CCN(CC)C(C)OCCC1CCCC1(C(=O)O)c1ccccc1. The molecule has 0 bridgehead atoms. The third-order valence-corrected chi connectivity index (χ3v) is 5.64. The maximum atomic E-state index is 12.2. The molecule has 134 valence electrons. The van der Waals surface area contributed by atoms with E-state index < -0.39 is 11.4 Å². The molecule has 0 amide bonds. The van der Waals surface area contributed by atoms with Crippen LogP contribution in [-0.4, -0.2) is 41.9 Å². The standard InChI is InChI=1S/C20H31NO3/c1-4-21(5-2)16(3)24-15-13-18-12-9-14-20(18,19(22)23)17-10-7-6-8-11-17/h6-8,10-11,16,18H,4-5,9,12-15H2,1-3H3,(H,22,23). The fourth-order valence-corrected chi connectivity index (χ4v) is 4.21. The molecular formula is C20H31NO3. The highest BCUT2D eigenvalue weighted by Gasteiger charge is 2.50. The highest BCUT2D eigenvalue weighted by molar-refractivity contribution is 5.82. The van der Waals surface area contributed by atoms with Crippen molar-refractivity contribution < 1.29 is 14.6 Å². The molecule has 1 fully saturated rings. The number of hydrogen-bond donors (Lipinski definition) is 1. The molecule has 4 heteroatoms. The van der Waals surface area contributed by atoms with Gasteiger partial charge in [-0.1, -0.05) is 50.6 Å². The molecular weight excluding hydrogens is 302 g/mol. The number of rotatable bonds is 9. The van der Waals surface area contributed by atoms with Gasteiger partial charge in [0.15, 0.2) is 0 Å². The van der Waals surface area contributed by atoms with Crippen molar-refractivity contribution in [3.8, 4) is 0 Å². The second-order valence-corrected chi connectivity index (χ2v) is 6.71. The minimum atomic E-state index is -0.747. The largest absolute Gasteiger partial charge is 0.481 e. The zero-order valence-corrected chi connectivity index (χ0v) is 15.2. The van der Waals surface area contributed by atoms with Crippen LogP contribution in [0.3, 0.4) is 0 Å². The summed E-state index contributed by atoms with van der Waals surface area (Å²) in [7, 11) is 0. The van der Waals surface area contributed by atoms with Crippen molar-refractivity contribution in [1.29, 1.82) is 0 Å². The van der Waals surface area contributed by atoms with Crippen LogP contribution in [0.15, 0.2) is 30.3 Å². The van der Waals surface area contributed by atoms with Gasteiger partial charge in [-0.3, -0.25) is 9.69 Å². The number of benzene rings is 1. The number of ether oxygens (including phenoxy) is 1. The number of carboxylic acid groups (broad SMARTS) is 1. The van der Waals surface area contributed by atoms with Gasteiger partial charge in [0.1, 0.15) is 6.23 Å². The van der Waals surface area contributed by atoms with E-state index >= 15 is 0 Å². The van der Waals surface area contributed by atoms with Crippen molar-refractivity contribution in [1.82, 2.24) is 4.90 Å². The zero-order chi connectivity index (χ0) is 17.6. The smallest absolute Gasteiger partial charge is 0.314 e. The van der Waals surface area contributed by atoms with Crippen molar-refractivity contribution in [3.05, 3.63) is 35.9 Å². The summed E-state index contributed by atoms with van der Waals surface area (Å²) in [6.45, 7) is 8.87. The Kier molecular flexibility index (Phi) is 6.81. The molecule has 1 N–H and O–H groups in total. The van der Waals surface area contributed by atoms with Crippen LogP contribution in [0.5, 0.6) is 0 Å². The normalized spacial score (nSPS) is 25.1. The molecule has 0 aromatic heterocycles. The predicted molar refractivity (Wildman–Crippen MR) is 96.0 cm³/mol. The maximum absolute atomic E-state index is 12.2. The highest BCUT2D eigenvalue weighted by atomic mass is 16.5. The molecule has 0 saturated heterocycles. The third kappa shape index (κ3) is 3.81. The van der Waals surface area contributed by atoms with Crippen LogP contribution in [0.25, 0.3) is 0 Å². The Morgan fingerprint density at radius 1 is 1.33 bits per heavy atom. The first-order valence-electron chi connectivity index (χ1n) is 9.20. The molecule has 3 atom stereocenters. The molecule has 0 heterocycles. The van der Waals surface area contributed by atoms with Crippen LogP contribution < -0.4 is 0 Å². The summed E-state index contributed by atoms with van der Waals surface area (Å²) in [5.74, 6) is -0.547. The first kappa shape index (κ1) is 18.9. The molecule has 0 spiro atoms. The van der Waals surface area contributed by atoms with Crippen molar-refractivity contribution in [2.75, 3.05) is 19.7 Å². The van der Waals surface area contributed by atoms with E-state index in [1.54, 1.807) is 0 Å². The lowest BCUT2D eigenvalue weighted by Crippen LogP contribution is -2.40. The fourth-order valence-electron chi connectivity index (χ4n) is 4.21. The molecule has 1 aliphatic rings. The molecule has 1 saturated carbocycles. The van der Waals surface area contributed by atoms with Gasteiger partial charge in [-0.05, 0) is 50.8 Å². The van der Waals surface area contributed by atoms with Crippen molar-refractivity contribution in [3.63, 3.8) is 0 Å². The molecule has 0 radical (unpaired) electrons. The number of aliphatic carboxylic acids is 1. The third-order valence-electron chi connectivity index (χ3n) is 5.64. The molecule has 3 unspecified atom stereocenters. The molecule has 0 aliphatic heterocycles. The summed E-state index contributed by atoms with van der Waals surface area (Å²) in [5.41, 5.74) is 0.195. The van der Waals surface area contributed by atoms with E-state index in [0.29, 0.717) is 6.61 Å². The quantitative estimate of drug-likeness (QED) is 0.696. The van der Waals surface area contributed by atoms with Gasteiger partial charge in [0, 0.05) is 6.61 Å². The van der Waals surface area contributed by atoms with Gasteiger partial charge in [0.25, 0.3) is 0 Å². The van der Waals surface area contributed by atoms with Crippen LogP contribution >= 0.6 is 0 Å². The number of carboxylic acids is 1. The maximum Gasteiger partial charge on any atom is 0.314 e. The van der Waals surface area contributed by atoms with Gasteiger partial charge in [0.2, 0.25) is 0 Å². The summed E-state index contributed by atoms with van der Waals surface area (Å²) < 4.78 is 5.99. The second-order valence-electron chi connectivity index (χ2n) is 6.71. The number of nitrogens with zero attached hydrogens (tertiary/aromatic N) is 1. The van der Waals surface area contributed by atoms with Gasteiger partial charge in [-0.2, -0.15) is 0 Å². The fraction of sp³-hybridized carbons (Fsp3) is 0.650. The van der Waals surface area contributed by atoms with Crippen LogP contribution in [-0.2, 0) is 14.9 Å². The van der Waals surface area contributed by atoms with Gasteiger partial charge >= 0.3 is 5.97 Å². The van der Waals surface area contributed by atoms with Crippen molar-refractivity contribution >= 4 is 5.97 Å². The highest BCUT2D eigenvalue weighted by Crippen LogP contribution is 2.47. The van der Waals surface area contributed by atoms with Gasteiger partial charge < -0.3 is 9.84 Å². The average molecular weight is 333 g/mol. The summed E-state index contributed by atoms with van der Waals surface area (Å²) in [6, 6.07) is 9.75. The van der Waals surface area contributed by atoms with Crippen molar-refractivity contribution in [2.45, 2.75) is 58.1 Å². The first-order valence-corrected chi connectivity index (χ1v) is 9.20. The van der Waals surface area contributed by atoms with Gasteiger partial charge in [-0.15, -0.1) is 0 Å². The Labute approximate surface area is 145 Å².